The summed E-state index contributed by atoms with van der Waals surface area (Å²) in [4.78, 5) is 23.9. The topological polar surface area (TPSA) is 64.6 Å². The number of methoxy groups -OCH3 is 1. The van der Waals surface area contributed by atoms with Gasteiger partial charge in [-0.1, -0.05) is 6.92 Å². The summed E-state index contributed by atoms with van der Waals surface area (Å²) in [5.41, 5.74) is 0.127. The van der Waals surface area contributed by atoms with Crippen LogP contribution in [0.5, 0.6) is 11.5 Å². The van der Waals surface area contributed by atoms with Gasteiger partial charge in [0.15, 0.2) is 11.9 Å². The Morgan fingerprint density at radius 2 is 1.95 bits per heavy atom. The molecule has 22 heavy (non-hydrogen) atoms. The van der Waals surface area contributed by atoms with Crippen LogP contribution in [0.15, 0.2) is 18.2 Å². The quantitative estimate of drug-likeness (QED) is 0.787. The second-order valence-electron chi connectivity index (χ2n) is 5.91. The molecular weight excluding hydrogens is 282 g/mol. The van der Waals surface area contributed by atoms with Gasteiger partial charge in [0.05, 0.1) is 12.7 Å². The molecule has 1 N–H and O–H groups in total. The van der Waals surface area contributed by atoms with E-state index in [-0.39, 0.29) is 17.2 Å². The average molecular weight is 307 g/mol. The number of hydrogen-bond donors (Lipinski definition) is 1. The van der Waals surface area contributed by atoms with Crippen molar-refractivity contribution in [1.82, 2.24) is 5.32 Å². The number of carbonyl (C=O) groups excluding carboxylic acids is 2. The predicted molar refractivity (Wildman–Crippen MR) is 85.6 cm³/mol. The average Bonchev–Trinajstić information content (AvgIpc) is 2.46. The highest BCUT2D eigenvalue weighted by Gasteiger charge is 2.24. The highest BCUT2D eigenvalue weighted by atomic mass is 16.5. The van der Waals surface area contributed by atoms with Crippen molar-refractivity contribution >= 4 is 11.7 Å². The molecule has 1 aromatic rings. The molecule has 0 aliphatic rings. The summed E-state index contributed by atoms with van der Waals surface area (Å²) in [6.07, 6.45) is 0.0968. The Bertz CT molecular complexity index is 552. The van der Waals surface area contributed by atoms with Crippen molar-refractivity contribution in [2.24, 2.45) is 0 Å². The maximum atomic E-state index is 12.2. The number of Topliss-reactive ketones (excluding diaryl/α,β-unsaturated/α-hetero) is 1. The molecule has 0 unspecified atom stereocenters. The van der Waals surface area contributed by atoms with E-state index in [1.807, 2.05) is 20.8 Å². The second-order valence-corrected chi connectivity index (χ2v) is 5.91. The molecule has 0 radical (unpaired) electrons. The second kappa shape index (κ2) is 7.29. The van der Waals surface area contributed by atoms with Crippen molar-refractivity contribution in [1.29, 1.82) is 0 Å². The lowest BCUT2D eigenvalue weighted by Gasteiger charge is -2.27. The summed E-state index contributed by atoms with van der Waals surface area (Å²) >= 11 is 0. The van der Waals surface area contributed by atoms with Gasteiger partial charge >= 0.3 is 0 Å². The Kier molecular flexibility index (Phi) is 5.97. The highest BCUT2D eigenvalue weighted by molar-refractivity contribution is 5.97. The number of hydrogen-bond acceptors (Lipinski definition) is 4. The van der Waals surface area contributed by atoms with E-state index in [0.717, 1.165) is 6.42 Å². The first kappa shape index (κ1) is 18.0. The van der Waals surface area contributed by atoms with Gasteiger partial charge < -0.3 is 14.8 Å². The van der Waals surface area contributed by atoms with Crippen molar-refractivity contribution < 1.29 is 19.1 Å². The van der Waals surface area contributed by atoms with Crippen molar-refractivity contribution in [3.63, 3.8) is 0 Å². The van der Waals surface area contributed by atoms with Crippen LogP contribution in [0.4, 0.5) is 0 Å². The van der Waals surface area contributed by atoms with E-state index in [1.165, 1.54) is 14.0 Å². The molecule has 1 aromatic carbocycles. The zero-order valence-electron chi connectivity index (χ0n) is 14.1. The summed E-state index contributed by atoms with van der Waals surface area (Å²) in [6.45, 7) is 9.01. The number of ketones is 1. The van der Waals surface area contributed by atoms with Gasteiger partial charge in [-0.25, -0.2) is 0 Å². The lowest BCUT2D eigenvalue weighted by Crippen LogP contribution is -2.48. The molecule has 1 amide bonds. The van der Waals surface area contributed by atoms with Gasteiger partial charge in [0.25, 0.3) is 5.91 Å². The number of amides is 1. The van der Waals surface area contributed by atoms with E-state index in [0.29, 0.717) is 17.1 Å². The Labute approximate surface area is 132 Å². The molecule has 1 rings (SSSR count). The summed E-state index contributed by atoms with van der Waals surface area (Å²) in [6, 6.07) is 4.94. The monoisotopic (exact) mass is 307 g/mol. The Morgan fingerprint density at radius 1 is 1.32 bits per heavy atom. The van der Waals surface area contributed by atoms with E-state index in [2.05, 4.69) is 5.32 Å². The standard InChI is InChI=1S/C17H25NO4/c1-7-17(4,5)18-16(20)12(3)22-15-10-13(21-6)8-9-14(15)11(2)19/h8-10,12H,7H2,1-6H3,(H,18,20)/t12-/m0/s1. The molecule has 0 spiro atoms. The minimum atomic E-state index is -0.712. The number of nitrogens with one attached hydrogen (secondary N) is 1. The molecule has 0 heterocycles. The van der Waals surface area contributed by atoms with Crippen LogP contribution in [0, 0.1) is 0 Å². The van der Waals surface area contributed by atoms with E-state index in [9.17, 15) is 9.59 Å². The number of rotatable bonds is 7. The van der Waals surface area contributed by atoms with E-state index in [1.54, 1.807) is 25.1 Å². The number of carbonyl (C=O) groups is 2. The van der Waals surface area contributed by atoms with Crippen LogP contribution in [-0.2, 0) is 4.79 Å². The normalized spacial score (nSPS) is 12.5. The Balaban J connectivity index is 2.93. The maximum absolute atomic E-state index is 12.2. The largest absolute Gasteiger partial charge is 0.497 e. The molecule has 0 aliphatic carbocycles. The van der Waals surface area contributed by atoms with E-state index < -0.39 is 6.10 Å². The van der Waals surface area contributed by atoms with Crippen LogP contribution in [0.1, 0.15) is 51.4 Å². The zero-order chi connectivity index (χ0) is 16.9. The minimum absolute atomic E-state index is 0.126. The molecule has 122 valence electrons. The van der Waals surface area contributed by atoms with Crippen LogP contribution in [0.25, 0.3) is 0 Å². The molecule has 0 fully saturated rings. The van der Waals surface area contributed by atoms with Gasteiger partial charge in [-0.15, -0.1) is 0 Å². The first-order chi connectivity index (χ1) is 10.2. The molecule has 0 saturated carbocycles. The minimum Gasteiger partial charge on any atom is -0.497 e. The summed E-state index contributed by atoms with van der Waals surface area (Å²) in [7, 11) is 1.53. The maximum Gasteiger partial charge on any atom is 0.261 e. The predicted octanol–water partition coefficient (Wildman–Crippen LogP) is 2.97. The fraction of sp³-hybridized carbons (Fsp3) is 0.529. The molecule has 0 aliphatic heterocycles. The zero-order valence-corrected chi connectivity index (χ0v) is 14.1. The van der Waals surface area contributed by atoms with Crippen LogP contribution in [-0.4, -0.2) is 30.4 Å². The SMILES string of the molecule is CCC(C)(C)NC(=O)[C@H](C)Oc1cc(OC)ccc1C(C)=O. The Morgan fingerprint density at radius 3 is 2.45 bits per heavy atom. The van der Waals surface area contributed by atoms with Gasteiger partial charge in [0.1, 0.15) is 11.5 Å². The van der Waals surface area contributed by atoms with Gasteiger partial charge in [0.2, 0.25) is 0 Å². The first-order valence-electron chi connectivity index (χ1n) is 7.38. The van der Waals surface area contributed by atoms with Crippen molar-refractivity contribution in [2.45, 2.75) is 52.7 Å². The third-order valence-corrected chi connectivity index (χ3v) is 3.59. The van der Waals surface area contributed by atoms with Crippen molar-refractivity contribution in [3.05, 3.63) is 23.8 Å². The lowest BCUT2D eigenvalue weighted by molar-refractivity contribution is -0.129. The van der Waals surface area contributed by atoms with Gasteiger partial charge in [-0.2, -0.15) is 0 Å². The van der Waals surface area contributed by atoms with E-state index >= 15 is 0 Å². The smallest absolute Gasteiger partial charge is 0.261 e. The number of benzene rings is 1. The summed E-state index contributed by atoms with van der Waals surface area (Å²) in [5.74, 6) is 0.577. The van der Waals surface area contributed by atoms with Crippen LogP contribution in [0.3, 0.4) is 0 Å². The van der Waals surface area contributed by atoms with Crippen LogP contribution in [0.2, 0.25) is 0 Å². The fourth-order valence-corrected chi connectivity index (χ4v) is 1.79. The molecule has 0 saturated heterocycles. The molecular formula is C17H25NO4. The Hall–Kier alpha value is -2.04. The molecule has 0 bridgehead atoms. The highest BCUT2D eigenvalue weighted by Crippen LogP contribution is 2.26. The van der Waals surface area contributed by atoms with Gasteiger partial charge in [-0.3, -0.25) is 9.59 Å². The third kappa shape index (κ3) is 4.76. The van der Waals surface area contributed by atoms with Gasteiger partial charge in [-0.05, 0) is 46.2 Å². The molecule has 5 nitrogen and oxygen atoms in total. The molecule has 0 aromatic heterocycles. The van der Waals surface area contributed by atoms with Crippen molar-refractivity contribution in [2.75, 3.05) is 7.11 Å². The molecule has 5 heteroatoms. The number of ether oxygens (including phenoxy) is 2. The van der Waals surface area contributed by atoms with Crippen molar-refractivity contribution in [3.8, 4) is 11.5 Å². The fourth-order valence-electron chi connectivity index (χ4n) is 1.79. The third-order valence-electron chi connectivity index (χ3n) is 3.59. The van der Waals surface area contributed by atoms with E-state index in [4.69, 9.17) is 9.47 Å². The summed E-state index contributed by atoms with van der Waals surface area (Å²) < 4.78 is 10.8. The van der Waals surface area contributed by atoms with Gasteiger partial charge in [0, 0.05) is 11.6 Å². The molecule has 1 atom stereocenters. The van der Waals surface area contributed by atoms with Crippen LogP contribution >= 0.6 is 0 Å². The summed E-state index contributed by atoms with van der Waals surface area (Å²) in [5, 5.41) is 2.92. The first-order valence-corrected chi connectivity index (χ1v) is 7.38. The van der Waals surface area contributed by atoms with Crippen LogP contribution < -0.4 is 14.8 Å². The lowest BCUT2D eigenvalue weighted by atomic mass is 10.0.